The molecule has 9 heteroatoms. The van der Waals surface area contributed by atoms with Crippen LogP contribution in [0, 0.1) is 5.92 Å². The van der Waals surface area contributed by atoms with Crippen LogP contribution in [0.4, 0.5) is 24.5 Å². The molecule has 0 radical (unpaired) electrons. The minimum absolute atomic E-state index is 0.0265. The highest BCUT2D eigenvalue weighted by atomic mass is 19.4. The van der Waals surface area contributed by atoms with Crippen molar-refractivity contribution in [2.24, 2.45) is 5.92 Å². The summed E-state index contributed by atoms with van der Waals surface area (Å²) < 4.78 is 39.1. The molecule has 1 fully saturated rings. The largest absolute Gasteiger partial charge is 0.435 e. The van der Waals surface area contributed by atoms with Crippen LogP contribution in [0.1, 0.15) is 28.9 Å². The molecule has 2 N–H and O–H groups in total. The number of amides is 2. The lowest BCUT2D eigenvalue weighted by molar-refractivity contribution is -0.141. The number of carbonyl (C=O) groups is 2. The fourth-order valence-corrected chi connectivity index (χ4v) is 2.85. The van der Waals surface area contributed by atoms with Crippen LogP contribution in [0.25, 0.3) is 5.69 Å². The standard InChI is InChI=1S/C21H17F3N4O2/c22-21(23,24)18-10-11-28(27-18)17-8-6-14(7-9-17)20(30)26-16-3-1-2-15(12-16)25-19(29)13-4-5-13/h1-3,6-13H,4-5H2,(H,25,29)(H,26,30). The third-order valence-corrected chi connectivity index (χ3v) is 4.61. The predicted molar refractivity (Wildman–Crippen MR) is 104 cm³/mol. The normalized spacial score (nSPS) is 13.7. The van der Waals surface area contributed by atoms with E-state index in [1.165, 1.54) is 30.5 Å². The Bertz CT molecular complexity index is 1090. The molecular weight excluding hydrogens is 397 g/mol. The van der Waals surface area contributed by atoms with E-state index in [1.807, 2.05) is 0 Å². The Morgan fingerprint density at radius 2 is 1.63 bits per heavy atom. The van der Waals surface area contributed by atoms with Crippen molar-refractivity contribution >= 4 is 23.2 Å². The average Bonchev–Trinajstić information content (AvgIpc) is 3.43. The van der Waals surface area contributed by atoms with Crippen molar-refractivity contribution in [3.05, 3.63) is 72.1 Å². The summed E-state index contributed by atoms with van der Waals surface area (Å²) in [5.41, 5.74) is 0.845. The van der Waals surface area contributed by atoms with Crippen molar-refractivity contribution in [3.63, 3.8) is 0 Å². The Hall–Kier alpha value is -3.62. The van der Waals surface area contributed by atoms with Gasteiger partial charge >= 0.3 is 6.18 Å². The molecule has 2 aromatic carbocycles. The molecule has 0 bridgehead atoms. The molecule has 6 nitrogen and oxygen atoms in total. The summed E-state index contributed by atoms with van der Waals surface area (Å²) in [5, 5.41) is 9.05. The van der Waals surface area contributed by atoms with Gasteiger partial charge in [0.25, 0.3) is 5.91 Å². The fraction of sp³-hybridized carbons (Fsp3) is 0.190. The summed E-state index contributed by atoms with van der Waals surface area (Å²) in [6.07, 6.45) is -1.51. The van der Waals surface area contributed by atoms with Crippen molar-refractivity contribution in [3.8, 4) is 5.69 Å². The van der Waals surface area contributed by atoms with Crippen molar-refractivity contribution < 1.29 is 22.8 Å². The lowest BCUT2D eigenvalue weighted by atomic mass is 10.2. The minimum atomic E-state index is -4.52. The lowest BCUT2D eigenvalue weighted by Gasteiger charge is -2.09. The van der Waals surface area contributed by atoms with E-state index in [0.29, 0.717) is 22.6 Å². The number of nitrogens with zero attached hydrogens (tertiary/aromatic N) is 2. The highest BCUT2D eigenvalue weighted by Crippen LogP contribution is 2.30. The van der Waals surface area contributed by atoms with E-state index in [4.69, 9.17) is 0 Å². The molecule has 2 amide bonds. The van der Waals surface area contributed by atoms with Gasteiger partial charge < -0.3 is 10.6 Å². The second-order valence-corrected chi connectivity index (χ2v) is 6.99. The third-order valence-electron chi connectivity index (χ3n) is 4.61. The zero-order chi connectivity index (χ0) is 21.3. The monoisotopic (exact) mass is 414 g/mol. The molecule has 0 unspecified atom stereocenters. The fourth-order valence-electron chi connectivity index (χ4n) is 2.85. The molecule has 0 aliphatic heterocycles. The molecule has 0 atom stereocenters. The second-order valence-electron chi connectivity index (χ2n) is 6.99. The molecule has 1 aliphatic carbocycles. The molecule has 1 heterocycles. The molecule has 1 saturated carbocycles. The maximum absolute atomic E-state index is 12.7. The smallest absolute Gasteiger partial charge is 0.326 e. The highest BCUT2D eigenvalue weighted by molar-refractivity contribution is 6.04. The highest BCUT2D eigenvalue weighted by Gasteiger charge is 2.33. The van der Waals surface area contributed by atoms with E-state index in [0.717, 1.165) is 23.6 Å². The number of benzene rings is 2. The Morgan fingerprint density at radius 1 is 0.967 bits per heavy atom. The van der Waals surface area contributed by atoms with Crippen molar-refractivity contribution in [1.29, 1.82) is 0 Å². The van der Waals surface area contributed by atoms with E-state index in [2.05, 4.69) is 15.7 Å². The Morgan fingerprint density at radius 3 is 2.23 bits per heavy atom. The first-order chi connectivity index (χ1) is 14.3. The van der Waals surface area contributed by atoms with Crippen LogP contribution >= 0.6 is 0 Å². The zero-order valence-electron chi connectivity index (χ0n) is 15.6. The first kappa shape index (κ1) is 19.7. The molecule has 4 rings (SSSR count). The summed E-state index contributed by atoms with van der Waals surface area (Å²) in [6.45, 7) is 0. The quantitative estimate of drug-likeness (QED) is 0.646. The molecule has 1 aliphatic rings. The van der Waals surface area contributed by atoms with E-state index in [9.17, 15) is 22.8 Å². The first-order valence-electron chi connectivity index (χ1n) is 9.25. The topological polar surface area (TPSA) is 76.0 Å². The molecule has 0 saturated heterocycles. The van der Waals surface area contributed by atoms with Crippen LogP contribution in [0.3, 0.4) is 0 Å². The van der Waals surface area contributed by atoms with Gasteiger partial charge in [0.05, 0.1) is 5.69 Å². The molecule has 30 heavy (non-hydrogen) atoms. The van der Waals surface area contributed by atoms with Crippen LogP contribution in [0.15, 0.2) is 60.8 Å². The number of carbonyl (C=O) groups excluding carboxylic acids is 2. The van der Waals surface area contributed by atoms with Crippen molar-refractivity contribution in [1.82, 2.24) is 9.78 Å². The van der Waals surface area contributed by atoms with E-state index >= 15 is 0 Å². The molecule has 0 spiro atoms. The SMILES string of the molecule is O=C(Nc1cccc(NC(=O)C2CC2)c1)c1ccc(-n2ccc(C(F)(F)F)n2)cc1. The summed E-state index contributed by atoms with van der Waals surface area (Å²) >= 11 is 0. The molecule has 3 aromatic rings. The van der Waals surface area contributed by atoms with Crippen molar-refractivity contribution in [2.75, 3.05) is 10.6 Å². The van der Waals surface area contributed by atoms with E-state index in [1.54, 1.807) is 24.3 Å². The van der Waals surface area contributed by atoms with Gasteiger partial charge in [-0.25, -0.2) is 4.68 Å². The van der Waals surface area contributed by atoms with Gasteiger partial charge in [0.2, 0.25) is 5.91 Å². The number of alkyl halides is 3. The number of hydrogen-bond acceptors (Lipinski definition) is 3. The number of rotatable bonds is 5. The first-order valence-corrected chi connectivity index (χ1v) is 9.25. The third kappa shape index (κ3) is 4.51. The lowest BCUT2D eigenvalue weighted by Crippen LogP contribution is -2.14. The van der Waals surface area contributed by atoms with Gasteiger partial charge in [-0.3, -0.25) is 9.59 Å². The van der Waals surface area contributed by atoms with Crippen LogP contribution in [-0.2, 0) is 11.0 Å². The zero-order valence-corrected chi connectivity index (χ0v) is 15.6. The van der Waals surface area contributed by atoms with Gasteiger partial charge in [0, 0.05) is 29.1 Å². The summed E-state index contributed by atoms with van der Waals surface area (Å²) in [6, 6.07) is 13.7. The maximum atomic E-state index is 12.7. The van der Waals surface area contributed by atoms with Crippen LogP contribution in [0.5, 0.6) is 0 Å². The summed E-state index contributed by atoms with van der Waals surface area (Å²) in [7, 11) is 0. The Kier molecular flexibility index (Phi) is 5.03. The summed E-state index contributed by atoms with van der Waals surface area (Å²) in [5.74, 6) is -0.339. The predicted octanol–water partition coefficient (Wildman–Crippen LogP) is 4.49. The van der Waals surface area contributed by atoms with Gasteiger partial charge in [-0.15, -0.1) is 0 Å². The summed E-state index contributed by atoms with van der Waals surface area (Å²) in [4.78, 5) is 24.3. The van der Waals surface area contributed by atoms with E-state index < -0.39 is 11.9 Å². The van der Waals surface area contributed by atoms with Gasteiger partial charge in [-0.2, -0.15) is 18.3 Å². The minimum Gasteiger partial charge on any atom is -0.326 e. The molecule has 154 valence electrons. The van der Waals surface area contributed by atoms with Crippen LogP contribution in [-0.4, -0.2) is 21.6 Å². The van der Waals surface area contributed by atoms with Gasteiger partial charge in [0.1, 0.15) is 0 Å². The maximum Gasteiger partial charge on any atom is 0.435 e. The number of hydrogen-bond donors (Lipinski definition) is 2. The number of anilines is 2. The van der Waals surface area contributed by atoms with Crippen LogP contribution < -0.4 is 10.6 Å². The molecule has 1 aromatic heterocycles. The van der Waals surface area contributed by atoms with Crippen molar-refractivity contribution in [2.45, 2.75) is 19.0 Å². The Balaban J connectivity index is 1.43. The van der Waals surface area contributed by atoms with Gasteiger partial charge in [-0.1, -0.05) is 6.07 Å². The van der Waals surface area contributed by atoms with Crippen LogP contribution in [0.2, 0.25) is 0 Å². The van der Waals surface area contributed by atoms with Gasteiger partial charge in [0.15, 0.2) is 5.69 Å². The van der Waals surface area contributed by atoms with Gasteiger partial charge in [-0.05, 0) is 61.4 Å². The second kappa shape index (κ2) is 7.66. The number of halogens is 3. The molecular formula is C21H17F3N4O2. The number of aromatic nitrogens is 2. The Labute approximate surface area is 169 Å². The number of nitrogens with one attached hydrogen (secondary N) is 2. The van der Waals surface area contributed by atoms with E-state index in [-0.39, 0.29) is 17.7 Å². The average molecular weight is 414 g/mol.